The largest absolute Gasteiger partial charge is 0.353 e. The van der Waals surface area contributed by atoms with Crippen LogP contribution in [-0.4, -0.2) is 19.7 Å². The molecule has 0 N–H and O–H groups in total. The van der Waals surface area contributed by atoms with Crippen LogP contribution in [0.15, 0.2) is 11.7 Å². The van der Waals surface area contributed by atoms with Crippen molar-refractivity contribution in [3.8, 4) is 11.2 Å². The molecule has 0 spiro atoms. The molecule has 0 bridgehead atoms. The number of aromatic nitrogens is 4. The van der Waals surface area contributed by atoms with E-state index < -0.39 is 0 Å². The molecule has 0 saturated heterocycles. The number of thiazole rings is 1. The van der Waals surface area contributed by atoms with Gasteiger partial charge in [-0.3, -0.25) is 4.98 Å². The number of rotatable bonds is 2. The SMILES string of the molecule is N#CCc1csc(-n2[c-]ncn2)n1.[Rh]. The van der Waals surface area contributed by atoms with Crippen molar-refractivity contribution in [2.75, 3.05) is 0 Å². The Balaban J connectivity index is 0.000000980. The molecule has 0 saturated carbocycles. The van der Waals surface area contributed by atoms with Gasteiger partial charge in [0.05, 0.1) is 18.2 Å². The van der Waals surface area contributed by atoms with Gasteiger partial charge in [-0.1, -0.05) is 0 Å². The van der Waals surface area contributed by atoms with E-state index in [-0.39, 0.29) is 19.5 Å². The van der Waals surface area contributed by atoms with Crippen LogP contribution in [0.4, 0.5) is 0 Å². The summed E-state index contributed by atoms with van der Waals surface area (Å²) in [5, 5.41) is 14.8. The van der Waals surface area contributed by atoms with Gasteiger partial charge in [-0.2, -0.15) is 16.6 Å². The van der Waals surface area contributed by atoms with Gasteiger partial charge >= 0.3 is 0 Å². The smallest absolute Gasteiger partial charge is 0.109 e. The molecule has 0 aliphatic heterocycles. The van der Waals surface area contributed by atoms with Crippen molar-refractivity contribution < 1.29 is 19.5 Å². The van der Waals surface area contributed by atoms with Crippen LogP contribution in [0.1, 0.15) is 5.69 Å². The van der Waals surface area contributed by atoms with Crippen molar-refractivity contribution in [1.82, 2.24) is 19.7 Å². The predicted molar refractivity (Wildman–Crippen MR) is 45.2 cm³/mol. The first-order valence-electron chi connectivity index (χ1n) is 3.49. The Morgan fingerprint density at radius 3 is 3.14 bits per heavy atom. The zero-order chi connectivity index (χ0) is 9.10. The fraction of sp³-hybridized carbons (Fsp3) is 0.143. The maximum atomic E-state index is 8.43. The Labute approximate surface area is 97.2 Å². The van der Waals surface area contributed by atoms with Crippen LogP contribution < -0.4 is 0 Å². The van der Waals surface area contributed by atoms with Crippen molar-refractivity contribution in [3.05, 3.63) is 23.7 Å². The van der Waals surface area contributed by atoms with E-state index in [9.17, 15) is 0 Å². The summed E-state index contributed by atoms with van der Waals surface area (Å²) >= 11 is 1.41. The first-order chi connectivity index (χ1) is 6.40. The molecule has 2 aromatic rings. The summed E-state index contributed by atoms with van der Waals surface area (Å²) in [6.07, 6.45) is 4.35. The summed E-state index contributed by atoms with van der Waals surface area (Å²) in [7, 11) is 0. The van der Waals surface area contributed by atoms with E-state index >= 15 is 0 Å². The van der Waals surface area contributed by atoms with Gasteiger partial charge in [0.1, 0.15) is 5.13 Å². The van der Waals surface area contributed by atoms with E-state index in [1.807, 2.05) is 11.4 Å². The molecule has 2 aromatic heterocycles. The molecule has 7 heteroatoms. The molecule has 73 valence electrons. The van der Waals surface area contributed by atoms with Crippen molar-refractivity contribution in [1.29, 1.82) is 5.26 Å². The Kier molecular flexibility index (Phi) is 3.87. The summed E-state index contributed by atoms with van der Waals surface area (Å²) in [4.78, 5) is 7.85. The molecule has 2 rings (SSSR count). The molecule has 0 atom stereocenters. The molecule has 0 aliphatic rings. The molecule has 0 unspecified atom stereocenters. The van der Waals surface area contributed by atoms with Crippen LogP contribution in [0.3, 0.4) is 0 Å². The Hall–Kier alpha value is -1.12. The number of nitriles is 1. The molecule has 0 aromatic carbocycles. The first kappa shape index (κ1) is 11.0. The van der Waals surface area contributed by atoms with Crippen molar-refractivity contribution in [3.63, 3.8) is 0 Å². The van der Waals surface area contributed by atoms with Gasteiger partial charge in [-0.15, -0.1) is 0 Å². The molecule has 0 amide bonds. The van der Waals surface area contributed by atoms with E-state index in [2.05, 4.69) is 21.4 Å². The Morgan fingerprint density at radius 2 is 2.50 bits per heavy atom. The van der Waals surface area contributed by atoms with Crippen molar-refractivity contribution in [2.45, 2.75) is 6.42 Å². The van der Waals surface area contributed by atoms with Gasteiger partial charge < -0.3 is 9.67 Å². The van der Waals surface area contributed by atoms with Crippen LogP contribution in [0.5, 0.6) is 0 Å². The van der Waals surface area contributed by atoms with Gasteiger partial charge in [0.25, 0.3) is 0 Å². The second-order valence-corrected chi connectivity index (χ2v) is 3.06. The average Bonchev–Trinajstić information content (AvgIpc) is 2.70. The third kappa shape index (κ3) is 2.22. The summed E-state index contributed by atoms with van der Waals surface area (Å²) in [6, 6.07) is 2.03. The summed E-state index contributed by atoms with van der Waals surface area (Å²) in [6.45, 7) is 0. The van der Waals surface area contributed by atoms with E-state index in [0.29, 0.717) is 11.6 Å². The maximum Gasteiger partial charge on any atom is 0.109 e. The van der Waals surface area contributed by atoms with Crippen LogP contribution in [-0.2, 0) is 25.9 Å². The van der Waals surface area contributed by atoms with Crippen LogP contribution in [0, 0.1) is 17.7 Å². The number of nitrogens with zero attached hydrogens (tertiary/aromatic N) is 5. The minimum atomic E-state index is 0. The second kappa shape index (κ2) is 4.94. The van der Waals surface area contributed by atoms with Crippen LogP contribution >= 0.6 is 11.3 Å². The zero-order valence-electron chi connectivity index (χ0n) is 6.84. The van der Waals surface area contributed by atoms with Gasteiger partial charge in [-0.25, -0.2) is 5.10 Å². The van der Waals surface area contributed by atoms with Gasteiger partial charge in [0.2, 0.25) is 0 Å². The van der Waals surface area contributed by atoms with E-state index in [1.54, 1.807) is 0 Å². The van der Waals surface area contributed by atoms with E-state index in [1.165, 1.54) is 22.3 Å². The fourth-order valence-corrected chi connectivity index (χ4v) is 1.57. The number of hydrogen-bond donors (Lipinski definition) is 0. The summed E-state index contributed by atoms with van der Waals surface area (Å²) < 4.78 is 1.45. The van der Waals surface area contributed by atoms with E-state index in [0.717, 1.165) is 5.69 Å². The standard InChI is InChI=1S/C7H4N5S.Rh/c8-2-1-6-3-13-7(11-6)12-5-9-4-10-12;/h3-4H,1H2;/q-1;. The minimum absolute atomic E-state index is 0. The maximum absolute atomic E-state index is 8.43. The number of hydrogen-bond acceptors (Lipinski definition) is 5. The summed E-state index contributed by atoms with van der Waals surface area (Å²) in [5.74, 6) is 0. The molecule has 0 aliphatic carbocycles. The topological polar surface area (TPSA) is 67.4 Å². The van der Waals surface area contributed by atoms with Crippen LogP contribution in [0.2, 0.25) is 0 Å². The molecule has 5 nitrogen and oxygen atoms in total. The molecule has 0 fully saturated rings. The van der Waals surface area contributed by atoms with E-state index in [4.69, 9.17) is 5.26 Å². The zero-order valence-corrected chi connectivity index (χ0v) is 9.29. The minimum Gasteiger partial charge on any atom is -0.353 e. The third-order valence-electron chi connectivity index (χ3n) is 1.36. The normalized spacial score (nSPS) is 9.07. The Bertz CT molecular complexity index is 429. The molecule has 2 heterocycles. The Morgan fingerprint density at radius 1 is 1.64 bits per heavy atom. The van der Waals surface area contributed by atoms with Crippen molar-refractivity contribution in [2.24, 2.45) is 0 Å². The quantitative estimate of drug-likeness (QED) is 0.600. The van der Waals surface area contributed by atoms with Gasteiger partial charge in [0.15, 0.2) is 0 Å². The predicted octanol–water partition coefficient (Wildman–Crippen LogP) is 0.588. The van der Waals surface area contributed by atoms with Gasteiger partial charge in [-0.05, 0) is 0 Å². The first-order valence-corrected chi connectivity index (χ1v) is 4.37. The molecular weight excluding hydrogens is 289 g/mol. The third-order valence-corrected chi connectivity index (χ3v) is 2.22. The van der Waals surface area contributed by atoms with Gasteiger partial charge in [0, 0.05) is 37.5 Å². The summed E-state index contributed by atoms with van der Waals surface area (Å²) in [5.41, 5.74) is 0.756. The average molecular weight is 293 g/mol. The molecule has 14 heavy (non-hydrogen) atoms. The van der Waals surface area contributed by atoms with Crippen LogP contribution in [0.25, 0.3) is 5.13 Å². The second-order valence-electron chi connectivity index (χ2n) is 2.23. The molecule has 1 radical (unpaired) electrons. The molecular formula is C7H4N5RhS-. The van der Waals surface area contributed by atoms with Crippen molar-refractivity contribution >= 4 is 11.3 Å². The fourth-order valence-electron chi connectivity index (χ4n) is 0.832. The monoisotopic (exact) mass is 293 g/mol.